The number of rotatable bonds is 6. The fourth-order valence-electron chi connectivity index (χ4n) is 4.23. The number of ether oxygens (including phenoxy) is 2. The zero-order valence-corrected chi connectivity index (χ0v) is 16.9. The van der Waals surface area contributed by atoms with Gasteiger partial charge in [0.15, 0.2) is 11.5 Å². The quantitative estimate of drug-likeness (QED) is 0.673. The molecule has 1 aliphatic carbocycles. The maximum absolute atomic E-state index is 13.2. The summed E-state index contributed by atoms with van der Waals surface area (Å²) in [4.78, 5) is 17.8. The second kappa shape index (κ2) is 7.26. The first-order valence-electron chi connectivity index (χ1n) is 10.2. The van der Waals surface area contributed by atoms with E-state index in [9.17, 15) is 9.90 Å². The van der Waals surface area contributed by atoms with Crippen LogP contribution in [0.5, 0.6) is 11.5 Å². The van der Waals surface area contributed by atoms with E-state index in [4.69, 9.17) is 9.47 Å². The van der Waals surface area contributed by atoms with E-state index in [1.165, 1.54) is 0 Å². The molecule has 5 rings (SSSR count). The first-order chi connectivity index (χ1) is 14.6. The summed E-state index contributed by atoms with van der Waals surface area (Å²) >= 11 is 0. The second-order valence-electron chi connectivity index (χ2n) is 8.10. The lowest BCUT2D eigenvalue weighted by Gasteiger charge is -2.15. The predicted molar refractivity (Wildman–Crippen MR) is 113 cm³/mol. The van der Waals surface area contributed by atoms with Crippen LogP contribution in [0, 0.1) is 6.92 Å². The van der Waals surface area contributed by atoms with Crippen LogP contribution in [0.4, 0.5) is 0 Å². The number of Topliss-reactive ketones (excluding diaryl/α,β-unsaturated/α-hetero) is 1. The highest BCUT2D eigenvalue weighted by molar-refractivity contribution is 5.94. The van der Waals surface area contributed by atoms with Gasteiger partial charge >= 0.3 is 0 Å². The molecule has 30 heavy (non-hydrogen) atoms. The third-order valence-corrected chi connectivity index (χ3v) is 6.14. The molecule has 0 amide bonds. The highest BCUT2D eigenvalue weighted by atomic mass is 16.7. The lowest BCUT2D eigenvalue weighted by Crippen LogP contribution is -2.23. The van der Waals surface area contributed by atoms with Gasteiger partial charge in [-0.25, -0.2) is 0 Å². The van der Waals surface area contributed by atoms with Gasteiger partial charge in [0.1, 0.15) is 5.78 Å². The fourth-order valence-corrected chi connectivity index (χ4v) is 4.23. The summed E-state index contributed by atoms with van der Waals surface area (Å²) in [6, 6.07) is 15.6. The van der Waals surface area contributed by atoms with E-state index in [0.717, 1.165) is 57.9 Å². The van der Waals surface area contributed by atoms with Crippen molar-refractivity contribution in [2.75, 3.05) is 6.79 Å². The molecule has 1 N–H and O–H groups in total. The molecule has 1 aromatic heterocycles. The number of carbonyl (C=O) groups is 1. The van der Waals surface area contributed by atoms with Crippen molar-refractivity contribution in [2.24, 2.45) is 0 Å². The Morgan fingerprint density at radius 2 is 1.93 bits per heavy atom. The van der Waals surface area contributed by atoms with Gasteiger partial charge in [0.05, 0.1) is 12.0 Å². The Morgan fingerprint density at radius 3 is 2.70 bits per heavy atom. The van der Waals surface area contributed by atoms with Gasteiger partial charge in [-0.2, -0.15) is 0 Å². The number of hydrogen-bond donors (Lipinski definition) is 1. The number of ketones is 1. The average Bonchev–Trinajstić information content (AvgIpc) is 3.45. The summed E-state index contributed by atoms with van der Waals surface area (Å²) in [5.41, 5.74) is 5.32. The molecule has 1 aliphatic heterocycles. The number of aliphatic hydroxyl groups is 1. The summed E-state index contributed by atoms with van der Waals surface area (Å²) in [7, 11) is 0. The molecule has 5 heteroatoms. The van der Waals surface area contributed by atoms with Crippen molar-refractivity contribution in [2.45, 2.75) is 38.2 Å². The van der Waals surface area contributed by atoms with Gasteiger partial charge in [-0.3, -0.25) is 9.78 Å². The zero-order valence-electron chi connectivity index (χ0n) is 16.9. The molecule has 0 radical (unpaired) electrons. The van der Waals surface area contributed by atoms with Crippen LogP contribution in [-0.4, -0.2) is 22.7 Å². The SMILES string of the molecule is Cc1cc(CC(=O)C2(c3ccc4c(c3)OCO4)CC2)ncc1-c1cccc(CO)c1. The monoisotopic (exact) mass is 401 g/mol. The van der Waals surface area contributed by atoms with Crippen LogP contribution in [0.2, 0.25) is 0 Å². The van der Waals surface area contributed by atoms with Gasteiger partial charge in [0.2, 0.25) is 6.79 Å². The fraction of sp³-hybridized carbons (Fsp3) is 0.280. The summed E-state index contributed by atoms with van der Waals surface area (Å²) in [6.07, 6.45) is 3.85. The lowest BCUT2D eigenvalue weighted by molar-refractivity contribution is -0.120. The van der Waals surface area contributed by atoms with E-state index in [1.54, 1.807) is 0 Å². The number of aryl methyl sites for hydroxylation is 1. The van der Waals surface area contributed by atoms with E-state index < -0.39 is 5.41 Å². The second-order valence-corrected chi connectivity index (χ2v) is 8.10. The summed E-state index contributed by atoms with van der Waals surface area (Å²) in [6.45, 7) is 2.27. The predicted octanol–water partition coefficient (Wildman–Crippen LogP) is 4.12. The molecular weight excluding hydrogens is 378 g/mol. The molecule has 0 spiro atoms. The van der Waals surface area contributed by atoms with Crippen molar-refractivity contribution in [1.29, 1.82) is 0 Å². The number of benzene rings is 2. The van der Waals surface area contributed by atoms with Crippen molar-refractivity contribution in [3.63, 3.8) is 0 Å². The van der Waals surface area contributed by atoms with Crippen LogP contribution in [0.15, 0.2) is 54.7 Å². The van der Waals surface area contributed by atoms with E-state index in [0.29, 0.717) is 6.42 Å². The number of aliphatic hydroxyl groups excluding tert-OH is 1. The third-order valence-electron chi connectivity index (χ3n) is 6.14. The maximum Gasteiger partial charge on any atom is 0.231 e. The lowest BCUT2D eigenvalue weighted by atomic mass is 9.88. The van der Waals surface area contributed by atoms with Gasteiger partial charge in [0, 0.05) is 23.9 Å². The molecule has 0 saturated heterocycles. The minimum absolute atomic E-state index is 0.00877. The molecule has 5 nitrogen and oxygen atoms in total. The number of aromatic nitrogens is 1. The zero-order chi connectivity index (χ0) is 20.7. The number of carbonyl (C=O) groups excluding carboxylic acids is 1. The Hall–Kier alpha value is -3.18. The molecule has 2 heterocycles. The van der Waals surface area contributed by atoms with Crippen LogP contribution in [0.1, 0.15) is 35.2 Å². The topological polar surface area (TPSA) is 68.7 Å². The van der Waals surface area contributed by atoms with Gasteiger partial charge in [0.25, 0.3) is 0 Å². The molecule has 1 saturated carbocycles. The van der Waals surface area contributed by atoms with E-state index in [2.05, 4.69) is 4.98 Å². The largest absolute Gasteiger partial charge is 0.454 e. The highest BCUT2D eigenvalue weighted by Crippen LogP contribution is 2.51. The molecule has 0 unspecified atom stereocenters. The van der Waals surface area contributed by atoms with Gasteiger partial charge in [-0.15, -0.1) is 0 Å². The number of pyridine rings is 1. The first-order valence-corrected chi connectivity index (χ1v) is 10.2. The van der Waals surface area contributed by atoms with E-state index in [1.807, 2.05) is 61.7 Å². The van der Waals surface area contributed by atoms with Crippen molar-refractivity contribution in [3.8, 4) is 22.6 Å². The van der Waals surface area contributed by atoms with Crippen LogP contribution in [0.3, 0.4) is 0 Å². The number of nitrogens with zero attached hydrogens (tertiary/aromatic N) is 1. The Balaban J connectivity index is 1.37. The Labute approximate surface area is 175 Å². The minimum atomic E-state index is -0.426. The molecule has 0 bridgehead atoms. The normalized spacial score (nSPS) is 15.8. The molecule has 2 aromatic carbocycles. The van der Waals surface area contributed by atoms with Crippen molar-refractivity contribution >= 4 is 5.78 Å². The van der Waals surface area contributed by atoms with E-state index in [-0.39, 0.29) is 19.2 Å². The molecule has 0 atom stereocenters. The average molecular weight is 401 g/mol. The molecular formula is C25H23NO4. The van der Waals surface area contributed by atoms with E-state index >= 15 is 0 Å². The van der Waals surface area contributed by atoms with Gasteiger partial charge in [-0.05, 0) is 66.3 Å². The van der Waals surface area contributed by atoms with Crippen LogP contribution >= 0.6 is 0 Å². The van der Waals surface area contributed by atoms with Crippen molar-refractivity contribution in [1.82, 2.24) is 4.98 Å². The third kappa shape index (κ3) is 3.25. The Kier molecular flexibility index (Phi) is 4.55. The van der Waals surface area contributed by atoms with Crippen LogP contribution < -0.4 is 9.47 Å². The Morgan fingerprint density at radius 1 is 1.10 bits per heavy atom. The minimum Gasteiger partial charge on any atom is -0.454 e. The molecule has 2 aliphatic rings. The van der Waals surface area contributed by atoms with Crippen molar-refractivity contribution in [3.05, 3.63) is 77.1 Å². The maximum atomic E-state index is 13.2. The smallest absolute Gasteiger partial charge is 0.231 e. The summed E-state index contributed by atoms with van der Waals surface area (Å²) < 4.78 is 10.9. The van der Waals surface area contributed by atoms with Gasteiger partial charge in [-0.1, -0.05) is 24.3 Å². The molecule has 152 valence electrons. The van der Waals surface area contributed by atoms with Crippen LogP contribution in [-0.2, 0) is 23.2 Å². The number of fused-ring (bicyclic) bond motifs is 1. The van der Waals surface area contributed by atoms with Crippen LogP contribution in [0.25, 0.3) is 11.1 Å². The first kappa shape index (κ1) is 18.8. The van der Waals surface area contributed by atoms with Crippen molar-refractivity contribution < 1.29 is 19.4 Å². The number of hydrogen-bond acceptors (Lipinski definition) is 5. The Bertz CT molecular complexity index is 1130. The molecule has 3 aromatic rings. The summed E-state index contributed by atoms with van der Waals surface area (Å²) in [5, 5.41) is 9.38. The standard InChI is InChI=1S/C25H23NO4/c1-16-9-20(26-13-21(16)18-4-2-3-17(10-18)14-27)12-24(28)25(7-8-25)19-5-6-22-23(11-19)30-15-29-22/h2-6,9-11,13,27H,7-8,12,14-15H2,1H3. The highest BCUT2D eigenvalue weighted by Gasteiger charge is 2.50. The van der Waals surface area contributed by atoms with Gasteiger partial charge < -0.3 is 14.6 Å². The molecule has 1 fully saturated rings. The summed E-state index contributed by atoms with van der Waals surface area (Å²) in [5.74, 6) is 1.65.